The number of rotatable bonds is 5. The first-order chi connectivity index (χ1) is 7.18. The summed E-state index contributed by atoms with van der Waals surface area (Å²) in [6.45, 7) is 2.21. The van der Waals surface area contributed by atoms with E-state index < -0.39 is 0 Å². The summed E-state index contributed by atoms with van der Waals surface area (Å²) < 4.78 is 0. The van der Waals surface area contributed by atoms with E-state index in [2.05, 4.69) is 31.3 Å². The Bertz CT molecular complexity index is 322. The van der Waals surface area contributed by atoms with Gasteiger partial charge in [-0.1, -0.05) is 5.21 Å². The Hall–Kier alpha value is -1.99. The lowest BCUT2D eigenvalue weighted by atomic mass is 10.4. The van der Waals surface area contributed by atoms with E-state index in [9.17, 15) is 9.59 Å². The number of amides is 2. The van der Waals surface area contributed by atoms with Crippen molar-refractivity contribution in [2.75, 3.05) is 13.1 Å². The van der Waals surface area contributed by atoms with Crippen LogP contribution in [0.15, 0.2) is 0 Å². The van der Waals surface area contributed by atoms with Crippen molar-refractivity contribution in [2.45, 2.75) is 13.3 Å². The molecule has 8 heteroatoms. The van der Waals surface area contributed by atoms with Gasteiger partial charge in [-0.25, -0.2) is 0 Å². The lowest BCUT2D eigenvalue weighted by molar-refractivity contribution is -0.121. The first kappa shape index (κ1) is 11.1. The molecule has 0 aromatic carbocycles. The second-order valence-electron chi connectivity index (χ2n) is 2.84. The van der Waals surface area contributed by atoms with Crippen LogP contribution in [0.4, 0.5) is 0 Å². The van der Waals surface area contributed by atoms with Gasteiger partial charge in [0.2, 0.25) is 11.8 Å². The molecular weight excluding hydrogens is 200 g/mol. The van der Waals surface area contributed by atoms with E-state index in [0.717, 1.165) is 0 Å². The highest BCUT2D eigenvalue weighted by Gasteiger charge is 2.05. The number of H-pyrrole nitrogens is 1. The summed E-state index contributed by atoms with van der Waals surface area (Å²) in [5.41, 5.74) is 0. The monoisotopic (exact) mass is 212 g/mol. The average molecular weight is 212 g/mol. The van der Waals surface area contributed by atoms with E-state index in [0.29, 0.717) is 18.9 Å². The SMILES string of the molecule is CC(=O)NCCNC(=O)Cc1nn[nH]n1. The molecule has 0 atom stereocenters. The fourth-order valence-electron chi connectivity index (χ4n) is 0.904. The van der Waals surface area contributed by atoms with Gasteiger partial charge in [0.15, 0.2) is 5.82 Å². The molecule has 0 aliphatic heterocycles. The molecule has 0 saturated heterocycles. The predicted molar refractivity (Wildman–Crippen MR) is 49.6 cm³/mol. The molecule has 0 fully saturated rings. The van der Waals surface area contributed by atoms with Crippen LogP contribution < -0.4 is 10.6 Å². The number of nitrogens with one attached hydrogen (secondary N) is 3. The van der Waals surface area contributed by atoms with Gasteiger partial charge in [0.1, 0.15) is 0 Å². The van der Waals surface area contributed by atoms with Crippen molar-refractivity contribution in [2.24, 2.45) is 0 Å². The second kappa shape index (κ2) is 5.68. The molecular formula is C7H12N6O2. The Balaban J connectivity index is 2.11. The van der Waals surface area contributed by atoms with Gasteiger partial charge < -0.3 is 10.6 Å². The summed E-state index contributed by atoms with van der Waals surface area (Å²) >= 11 is 0. The van der Waals surface area contributed by atoms with E-state index in [1.165, 1.54) is 6.92 Å². The third-order valence-corrected chi connectivity index (χ3v) is 1.53. The zero-order valence-corrected chi connectivity index (χ0v) is 8.28. The van der Waals surface area contributed by atoms with Crippen LogP contribution in [0.3, 0.4) is 0 Å². The van der Waals surface area contributed by atoms with Crippen LogP contribution in [0.25, 0.3) is 0 Å². The zero-order chi connectivity index (χ0) is 11.1. The second-order valence-corrected chi connectivity index (χ2v) is 2.84. The molecule has 2 amide bonds. The van der Waals surface area contributed by atoms with E-state index in [1.807, 2.05) is 0 Å². The highest BCUT2D eigenvalue weighted by molar-refractivity contribution is 5.77. The van der Waals surface area contributed by atoms with E-state index >= 15 is 0 Å². The van der Waals surface area contributed by atoms with Crippen LogP contribution in [0.1, 0.15) is 12.7 Å². The lowest BCUT2D eigenvalue weighted by Gasteiger charge is -2.03. The quantitative estimate of drug-likeness (QED) is 0.488. The van der Waals surface area contributed by atoms with E-state index in [4.69, 9.17) is 0 Å². The van der Waals surface area contributed by atoms with Crippen molar-refractivity contribution in [3.63, 3.8) is 0 Å². The van der Waals surface area contributed by atoms with Crippen LogP contribution in [-0.2, 0) is 16.0 Å². The first-order valence-electron chi connectivity index (χ1n) is 4.42. The minimum Gasteiger partial charge on any atom is -0.355 e. The van der Waals surface area contributed by atoms with Crippen LogP contribution in [-0.4, -0.2) is 45.5 Å². The molecule has 3 N–H and O–H groups in total. The molecule has 82 valence electrons. The van der Waals surface area contributed by atoms with E-state index in [1.54, 1.807) is 0 Å². The number of hydrogen-bond donors (Lipinski definition) is 3. The summed E-state index contributed by atoms with van der Waals surface area (Å²) in [6.07, 6.45) is 0.0799. The topological polar surface area (TPSA) is 113 Å². The fraction of sp³-hybridized carbons (Fsp3) is 0.571. The van der Waals surface area contributed by atoms with Gasteiger partial charge >= 0.3 is 0 Å². The summed E-state index contributed by atoms with van der Waals surface area (Å²) in [5.74, 6) is 0.0104. The number of carbonyl (C=O) groups excluding carboxylic acids is 2. The minimum absolute atomic E-state index is 0.0799. The minimum atomic E-state index is -0.207. The molecule has 1 rings (SSSR count). The maximum absolute atomic E-state index is 11.2. The highest BCUT2D eigenvalue weighted by atomic mass is 16.2. The number of aromatic amines is 1. The van der Waals surface area contributed by atoms with Gasteiger partial charge in [0.05, 0.1) is 6.42 Å². The van der Waals surface area contributed by atoms with Crippen molar-refractivity contribution in [1.29, 1.82) is 0 Å². The maximum atomic E-state index is 11.2. The molecule has 0 bridgehead atoms. The summed E-state index contributed by atoms with van der Waals surface area (Å²) in [6, 6.07) is 0. The number of hydrogen-bond acceptors (Lipinski definition) is 5. The van der Waals surface area contributed by atoms with Gasteiger partial charge in [0, 0.05) is 20.0 Å². The van der Waals surface area contributed by atoms with E-state index in [-0.39, 0.29) is 18.2 Å². The summed E-state index contributed by atoms with van der Waals surface area (Å²) in [7, 11) is 0. The van der Waals surface area contributed by atoms with Gasteiger partial charge in [-0.05, 0) is 0 Å². The molecule has 0 aliphatic carbocycles. The molecule has 0 unspecified atom stereocenters. The highest BCUT2D eigenvalue weighted by Crippen LogP contribution is 1.84. The van der Waals surface area contributed by atoms with Crippen LogP contribution >= 0.6 is 0 Å². The largest absolute Gasteiger partial charge is 0.355 e. The summed E-state index contributed by atoms with van der Waals surface area (Å²) in [4.78, 5) is 21.7. The molecule has 0 radical (unpaired) electrons. The van der Waals surface area contributed by atoms with Crippen molar-refractivity contribution in [3.05, 3.63) is 5.82 Å². The summed E-state index contributed by atoms with van der Waals surface area (Å²) in [5, 5.41) is 18.0. The molecule has 8 nitrogen and oxygen atoms in total. The van der Waals surface area contributed by atoms with Crippen LogP contribution in [0.5, 0.6) is 0 Å². The third kappa shape index (κ3) is 4.69. The van der Waals surface area contributed by atoms with Crippen molar-refractivity contribution >= 4 is 11.8 Å². The number of tetrazole rings is 1. The van der Waals surface area contributed by atoms with Crippen LogP contribution in [0.2, 0.25) is 0 Å². The number of carbonyl (C=O) groups is 2. The third-order valence-electron chi connectivity index (χ3n) is 1.53. The predicted octanol–water partition coefficient (Wildman–Crippen LogP) is -2.01. The van der Waals surface area contributed by atoms with Crippen molar-refractivity contribution in [1.82, 2.24) is 31.3 Å². The Kier molecular flexibility index (Phi) is 4.20. The molecule has 1 aromatic rings. The number of nitrogens with zero attached hydrogens (tertiary/aromatic N) is 3. The Morgan fingerprint density at radius 2 is 2.07 bits per heavy atom. The van der Waals surface area contributed by atoms with Crippen molar-refractivity contribution in [3.8, 4) is 0 Å². The Labute approximate surface area is 85.8 Å². The molecule has 0 saturated carbocycles. The standard InChI is InChI=1S/C7H12N6O2/c1-5(14)8-2-3-9-7(15)4-6-10-12-13-11-6/h2-4H2,1H3,(H,8,14)(H,9,15)(H,10,11,12,13). The molecule has 1 heterocycles. The normalized spacial score (nSPS) is 9.67. The Morgan fingerprint density at radius 3 is 2.67 bits per heavy atom. The molecule has 0 aliphatic rings. The van der Waals surface area contributed by atoms with Crippen molar-refractivity contribution < 1.29 is 9.59 Å². The van der Waals surface area contributed by atoms with Gasteiger partial charge in [-0.2, -0.15) is 5.21 Å². The van der Waals surface area contributed by atoms with Gasteiger partial charge in [0.25, 0.3) is 0 Å². The fourth-order valence-corrected chi connectivity index (χ4v) is 0.904. The van der Waals surface area contributed by atoms with Crippen LogP contribution in [0, 0.1) is 0 Å². The number of aromatic nitrogens is 4. The molecule has 0 spiro atoms. The van der Waals surface area contributed by atoms with Gasteiger partial charge in [-0.3, -0.25) is 9.59 Å². The van der Waals surface area contributed by atoms with Gasteiger partial charge in [-0.15, -0.1) is 10.2 Å². The smallest absolute Gasteiger partial charge is 0.227 e. The molecule has 1 aromatic heterocycles. The average Bonchev–Trinajstić information content (AvgIpc) is 2.64. The first-order valence-corrected chi connectivity index (χ1v) is 4.42. The Morgan fingerprint density at radius 1 is 1.33 bits per heavy atom. The lowest BCUT2D eigenvalue weighted by Crippen LogP contribution is -2.34. The maximum Gasteiger partial charge on any atom is 0.227 e. The zero-order valence-electron chi connectivity index (χ0n) is 8.28. The molecule has 15 heavy (non-hydrogen) atoms.